The Hall–Kier alpha value is -3.99. The molecular formula is C23H14F3N3O4S. The van der Waals surface area contributed by atoms with E-state index in [1.54, 1.807) is 36.4 Å². The van der Waals surface area contributed by atoms with Crippen LogP contribution in [-0.2, 0) is 4.79 Å². The molecule has 2 heterocycles. The first-order valence-electron chi connectivity index (χ1n) is 9.90. The van der Waals surface area contributed by atoms with Crippen molar-refractivity contribution in [2.45, 2.75) is 5.16 Å². The van der Waals surface area contributed by atoms with Crippen LogP contribution in [0.5, 0.6) is 11.5 Å². The normalized spacial score (nSPS) is 12.2. The third-order valence-corrected chi connectivity index (χ3v) is 5.90. The lowest BCUT2D eigenvalue weighted by atomic mass is 10.2. The van der Waals surface area contributed by atoms with Crippen LogP contribution in [0.3, 0.4) is 0 Å². The number of rotatable bonds is 5. The van der Waals surface area contributed by atoms with Gasteiger partial charge in [0.1, 0.15) is 0 Å². The lowest BCUT2D eigenvalue weighted by Gasteiger charge is -2.14. The number of anilines is 1. The van der Waals surface area contributed by atoms with Crippen molar-refractivity contribution in [2.24, 2.45) is 0 Å². The van der Waals surface area contributed by atoms with E-state index in [-0.39, 0.29) is 28.8 Å². The minimum atomic E-state index is -1.65. The molecule has 0 bridgehead atoms. The van der Waals surface area contributed by atoms with Gasteiger partial charge in [-0.25, -0.2) is 18.2 Å². The van der Waals surface area contributed by atoms with E-state index in [0.29, 0.717) is 34.8 Å². The molecule has 1 N–H and O–H groups in total. The Morgan fingerprint density at radius 3 is 2.56 bits per heavy atom. The molecule has 0 aliphatic carbocycles. The van der Waals surface area contributed by atoms with Gasteiger partial charge in [-0.05, 0) is 24.3 Å². The molecule has 7 nitrogen and oxygen atoms in total. The van der Waals surface area contributed by atoms with Gasteiger partial charge in [0.2, 0.25) is 12.7 Å². The number of carbonyl (C=O) groups is 1. The Morgan fingerprint density at radius 2 is 1.76 bits per heavy atom. The number of halogens is 3. The molecule has 1 amide bonds. The molecule has 0 atom stereocenters. The summed E-state index contributed by atoms with van der Waals surface area (Å²) in [6.45, 7) is 0.0956. The quantitative estimate of drug-likeness (QED) is 0.258. The topological polar surface area (TPSA) is 82.5 Å². The van der Waals surface area contributed by atoms with Crippen LogP contribution in [0.25, 0.3) is 16.6 Å². The van der Waals surface area contributed by atoms with Crippen molar-refractivity contribution in [1.82, 2.24) is 9.55 Å². The maximum Gasteiger partial charge on any atom is 0.266 e. The summed E-state index contributed by atoms with van der Waals surface area (Å²) in [6.07, 6.45) is 0. The predicted molar refractivity (Wildman–Crippen MR) is 119 cm³/mol. The number of thioether (sulfide) groups is 1. The number of benzene rings is 3. The lowest BCUT2D eigenvalue weighted by Crippen LogP contribution is -2.23. The van der Waals surface area contributed by atoms with Crippen LogP contribution in [0.15, 0.2) is 64.5 Å². The predicted octanol–water partition coefficient (Wildman–Crippen LogP) is 4.26. The van der Waals surface area contributed by atoms with E-state index < -0.39 is 28.9 Å². The Morgan fingerprint density at radius 1 is 1.03 bits per heavy atom. The van der Waals surface area contributed by atoms with Crippen molar-refractivity contribution >= 4 is 34.3 Å². The van der Waals surface area contributed by atoms with Gasteiger partial charge >= 0.3 is 0 Å². The van der Waals surface area contributed by atoms with Crippen molar-refractivity contribution in [2.75, 3.05) is 17.9 Å². The molecule has 5 rings (SSSR count). The highest BCUT2D eigenvalue weighted by Crippen LogP contribution is 2.34. The van der Waals surface area contributed by atoms with Gasteiger partial charge in [-0.3, -0.25) is 14.2 Å². The van der Waals surface area contributed by atoms with Gasteiger partial charge in [0, 0.05) is 23.9 Å². The number of amides is 1. The average Bonchev–Trinajstić information content (AvgIpc) is 3.29. The van der Waals surface area contributed by atoms with E-state index in [1.165, 1.54) is 6.07 Å². The maximum atomic E-state index is 13.9. The smallest absolute Gasteiger partial charge is 0.266 e. The fourth-order valence-electron chi connectivity index (χ4n) is 3.41. The molecule has 0 fully saturated rings. The Kier molecular flexibility index (Phi) is 5.62. The summed E-state index contributed by atoms with van der Waals surface area (Å²) in [6, 6.07) is 12.7. The van der Waals surface area contributed by atoms with Crippen molar-refractivity contribution in [1.29, 1.82) is 0 Å². The summed E-state index contributed by atoms with van der Waals surface area (Å²) >= 11 is 0.885. The molecular weight excluding hydrogens is 471 g/mol. The maximum absolute atomic E-state index is 13.9. The van der Waals surface area contributed by atoms with Gasteiger partial charge in [0.05, 0.1) is 22.3 Å². The van der Waals surface area contributed by atoms with Crippen LogP contribution in [0.1, 0.15) is 0 Å². The lowest BCUT2D eigenvalue weighted by molar-refractivity contribution is -0.113. The Bertz CT molecular complexity index is 1490. The zero-order valence-electron chi connectivity index (χ0n) is 17.2. The van der Waals surface area contributed by atoms with Crippen molar-refractivity contribution in [3.8, 4) is 17.2 Å². The highest BCUT2D eigenvalue weighted by Gasteiger charge is 2.19. The standard InChI is InChI=1S/C23H14F3N3O4S/c24-15-8-13(9-16(25)21(15)26)29-22(31)14-3-1-2-4-17(14)28-23(29)34-10-20(30)27-12-5-6-18-19(7-12)33-11-32-18/h1-9H,10-11H2,(H,27,30). The molecule has 0 unspecified atom stereocenters. The number of hydrogen-bond donors (Lipinski definition) is 1. The monoisotopic (exact) mass is 485 g/mol. The number of para-hydroxylation sites is 1. The molecule has 34 heavy (non-hydrogen) atoms. The molecule has 172 valence electrons. The molecule has 0 spiro atoms. The second-order valence-corrected chi connectivity index (χ2v) is 8.12. The van der Waals surface area contributed by atoms with Crippen molar-refractivity contribution < 1.29 is 27.4 Å². The fourth-order valence-corrected chi connectivity index (χ4v) is 4.22. The van der Waals surface area contributed by atoms with E-state index >= 15 is 0 Å². The van der Waals surface area contributed by atoms with Gasteiger partial charge in [-0.1, -0.05) is 23.9 Å². The second-order valence-electron chi connectivity index (χ2n) is 7.18. The molecule has 1 aromatic heterocycles. The first kappa shape index (κ1) is 21.8. The Labute approximate surface area is 194 Å². The number of ether oxygens (including phenoxy) is 2. The van der Waals surface area contributed by atoms with Crippen LogP contribution in [-0.4, -0.2) is 28.0 Å². The summed E-state index contributed by atoms with van der Waals surface area (Å²) in [5.74, 6) is -4.09. The van der Waals surface area contributed by atoms with Crippen LogP contribution in [0, 0.1) is 17.5 Å². The molecule has 0 radical (unpaired) electrons. The van der Waals surface area contributed by atoms with Crippen LogP contribution in [0.2, 0.25) is 0 Å². The van der Waals surface area contributed by atoms with Gasteiger partial charge in [-0.2, -0.15) is 0 Å². The molecule has 0 saturated heterocycles. The first-order chi connectivity index (χ1) is 16.4. The van der Waals surface area contributed by atoms with E-state index in [0.717, 1.165) is 16.3 Å². The molecule has 1 aliphatic rings. The summed E-state index contributed by atoms with van der Waals surface area (Å²) < 4.78 is 52.8. The molecule has 1 aliphatic heterocycles. The highest BCUT2D eigenvalue weighted by atomic mass is 32.2. The van der Waals surface area contributed by atoms with Crippen LogP contribution in [0.4, 0.5) is 18.9 Å². The molecule has 3 aromatic carbocycles. The van der Waals surface area contributed by atoms with Crippen molar-refractivity contribution in [3.05, 3.63) is 82.4 Å². The number of carbonyl (C=O) groups excluding carboxylic acids is 1. The van der Waals surface area contributed by atoms with Gasteiger partial charge < -0.3 is 14.8 Å². The van der Waals surface area contributed by atoms with Gasteiger partial charge in [0.25, 0.3) is 5.56 Å². The summed E-state index contributed by atoms with van der Waals surface area (Å²) in [5.41, 5.74) is -0.0557. The van der Waals surface area contributed by atoms with Gasteiger partial charge in [0.15, 0.2) is 34.1 Å². The van der Waals surface area contributed by atoms with E-state index in [1.807, 2.05) is 0 Å². The number of aromatic nitrogens is 2. The number of nitrogens with one attached hydrogen (secondary N) is 1. The number of fused-ring (bicyclic) bond motifs is 2. The van der Waals surface area contributed by atoms with E-state index in [4.69, 9.17) is 9.47 Å². The van der Waals surface area contributed by atoms with Gasteiger partial charge in [-0.15, -0.1) is 0 Å². The molecule has 11 heteroatoms. The summed E-state index contributed by atoms with van der Waals surface area (Å²) in [5, 5.41) is 2.90. The van der Waals surface area contributed by atoms with E-state index in [2.05, 4.69) is 10.3 Å². The third-order valence-electron chi connectivity index (χ3n) is 4.96. The SMILES string of the molecule is O=C(CSc1nc2ccccc2c(=O)n1-c1cc(F)c(F)c(F)c1)Nc1ccc2c(c1)OCO2. The Balaban J connectivity index is 1.47. The zero-order chi connectivity index (χ0) is 23.8. The number of hydrogen-bond acceptors (Lipinski definition) is 6. The first-order valence-corrected chi connectivity index (χ1v) is 10.9. The van der Waals surface area contributed by atoms with Crippen LogP contribution >= 0.6 is 11.8 Å². The summed E-state index contributed by atoms with van der Waals surface area (Å²) in [7, 11) is 0. The summed E-state index contributed by atoms with van der Waals surface area (Å²) in [4.78, 5) is 30.1. The minimum Gasteiger partial charge on any atom is -0.454 e. The average molecular weight is 485 g/mol. The molecule has 0 saturated carbocycles. The van der Waals surface area contributed by atoms with Crippen molar-refractivity contribution in [3.63, 3.8) is 0 Å². The van der Waals surface area contributed by atoms with E-state index in [9.17, 15) is 22.8 Å². The fraction of sp³-hybridized carbons (Fsp3) is 0.0870. The van der Waals surface area contributed by atoms with Crippen LogP contribution < -0.4 is 20.3 Å². The minimum absolute atomic E-state index is 0.00921. The largest absolute Gasteiger partial charge is 0.454 e. The molecule has 4 aromatic rings. The second kappa shape index (κ2) is 8.75. The highest BCUT2D eigenvalue weighted by molar-refractivity contribution is 7.99. The zero-order valence-corrected chi connectivity index (χ0v) is 18.0. The number of nitrogens with zero attached hydrogens (tertiary/aromatic N) is 2. The third kappa shape index (κ3) is 4.05.